The average molecular weight is 396 g/mol. The van der Waals surface area contributed by atoms with Gasteiger partial charge in [0, 0.05) is 26.2 Å². The fourth-order valence-corrected chi connectivity index (χ4v) is 3.65. The van der Waals surface area contributed by atoms with Gasteiger partial charge >= 0.3 is 6.09 Å². The third-order valence-electron chi connectivity index (χ3n) is 4.80. The van der Waals surface area contributed by atoms with Gasteiger partial charge in [-0.15, -0.1) is 0 Å². The minimum absolute atomic E-state index is 0.113. The summed E-state index contributed by atoms with van der Waals surface area (Å²) in [4.78, 5) is 41.9. The number of ether oxygens (including phenoxy) is 2. The predicted molar refractivity (Wildman–Crippen MR) is 99.1 cm³/mol. The molecule has 8 nitrogen and oxygen atoms in total. The van der Waals surface area contributed by atoms with Gasteiger partial charge in [0.15, 0.2) is 0 Å². The maximum absolute atomic E-state index is 12.9. The third kappa shape index (κ3) is 3.86. The Morgan fingerprint density at radius 1 is 1.22 bits per heavy atom. The highest BCUT2D eigenvalue weighted by molar-refractivity contribution is 6.33. The molecule has 0 bridgehead atoms. The summed E-state index contributed by atoms with van der Waals surface area (Å²) in [5.74, 6) is -0.0592. The molecule has 2 aliphatic heterocycles. The third-order valence-corrected chi connectivity index (χ3v) is 5.09. The zero-order valence-corrected chi connectivity index (χ0v) is 16.1. The van der Waals surface area contributed by atoms with Crippen LogP contribution in [0.15, 0.2) is 18.2 Å². The summed E-state index contributed by atoms with van der Waals surface area (Å²) >= 11 is 6.13. The Kier molecular flexibility index (Phi) is 5.86. The fraction of sp³-hybridized carbons (Fsp3) is 0.500. The van der Waals surface area contributed by atoms with E-state index < -0.39 is 6.04 Å². The molecule has 2 heterocycles. The lowest BCUT2D eigenvalue weighted by atomic mass is 10.2. The van der Waals surface area contributed by atoms with Crippen LogP contribution >= 0.6 is 11.6 Å². The summed E-state index contributed by atoms with van der Waals surface area (Å²) in [7, 11) is 1.50. The normalized spacial score (nSPS) is 20.9. The molecule has 9 heteroatoms. The molecule has 0 aliphatic carbocycles. The lowest BCUT2D eigenvalue weighted by Crippen LogP contribution is -2.54. The molecule has 3 amide bonds. The van der Waals surface area contributed by atoms with Crippen LogP contribution in [0.25, 0.3) is 0 Å². The van der Waals surface area contributed by atoms with Crippen LogP contribution in [0, 0.1) is 0 Å². The van der Waals surface area contributed by atoms with Gasteiger partial charge in [-0.05, 0) is 25.1 Å². The smallest absolute Gasteiger partial charge is 0.409 e. The van der Waals surface area contributed by atoms with Gasteiger partial charge in [0.2, 0.25) is 5.91 Å². The van der Waals surface area contributed by atoms with Crippen LogP contribution in [-0.4, -0.2) is 73.6 Å². The lowest BCUT2D eigenvalue weighted by molar-refractivity contribution is -0.123. The number of hydrogen-bond acceptors (Lipinski definition) is 6. The molecule has 0 aromatic heterocycles. The van der Waals surface area contributed by atoms with Crippen molar-refractivity contribution in [3.63, 3.8) is 0 Å². The van der Waals surface area contributed by atoms with E-state index in [2.05, 4.69) is 0 Å². The summed E-state index contributed by atoms with van der Waals surface area (Å²) in [5, 5.41) is 0.335. The van der Waals surface area contributed by atoms with Gasteiger partial charge in [-0.2, -0.15) is 0 Å². The van der Waals surface area contributed by atoms with Crippen molar-refractivity contribution >= 4 is 35.2 Å². The number of carbonyl (C=O) groups excluding carboxylic acids is 3. The van der Waals surface area contributed by atoms with E-state index in [0.717, 1.165) is 0 Å². The van der Waals surface area contributed by atoms with Gasteiger partial charge in [-0.25, -0.2) is 9.69 Å². The average Bonchev–Trinajstić information content (AvgIpc) is 2.96. The van der Waals surface area contributed by atoms with E-state index in [9.17, 15) is 14.4 Å². The second kappa shape index (κ2) is 8.14. The van der Waals surface area contributed by atoms with Crippen molar-refractivity contribution in [2.75, 3.05) is 44.8 Å². The maximum Gasteiger partial charge on any atom is 0.409 e. The summed E-state index contributed by atoms with van der Waals surface area (Å²) in [6, 6.07) is 4.30. The molecule has 0 spiro atoms. The number of benzene rings is 1. The first kappa shape index (κ1) is 19.4. The minimum Gasteiger partial charge on any atom is -0.495 e. The molecule has 1 aromatic rings. The molecule has 146 valence electrons. The van der Waals surface area contributed by atoms with Crippen molar-refractivity contribution < 1.29 is 23.9 Å². The zero-order valence-electron chi connectivity index (χ0n) is 15.3. The second-order valence-electron chi connectivity index (χ2n) is 6.33. The van der Waals surface area contributed by atoms with Crippen molar-refractivity contribution in [2.24, 2.45) is 0 Å². The van der Waals surface area contributed by atoms with Crippen LogP contribution in [0.3, 0.4) is 0 Å². The van der Waals surface area contributed by atoms with Crippen LogP contribution in [0.2, 0.25) is 5.02 Å². The molecule has 2 saturated heterocycles. The van der Waals surface area contributed by atoms with E-state index in [4.69, 9.17) is 21.1 Å². The Morgan fingerprint density at radius 2 is 1.93 bits per heavy atom. The first-order chi connectivity index (χ1) is 13.0. The van der Waals surface area contributed by atoms with E-state index in [0.29, 0.717) is 49.2 Å². The van der Waals surface area contributed by atoms with Crippen molar-refractivity contribution in [3.8, 4) is 5.75 Å². The van der Waals surface area contributed by atoms with Gasteiger partial charge < -0.3 is 14.4 Å². The Balaban J connectivity index is 1.68. The minimum atomic E-state index is -0.525. The number of carbonyl (C=O) groups is 3. The first-order valence-corrected chi connectivity index (χ1v) is 9.20. The van der Waals surface area contributed by atoms with Crippen molar-refractivity contribution in [1.29, 1.82) is 0 Å². The summed E-state index contributed by atoms with van der Waals surface area (Å²) in [6.07, 6.45) is -0.234. The molecule has 27 heavy (non-hydrogen) atoms. The van der Waals surface area contributed by atoms with Crippen LogP contribution in [-0.2, 0) is 14.3 Å². The van der Waals surface area contributed by atoms with E-state index in [1.165, 1.54) is 12.0 Å². The van der Waals surface area contributed by atoms with Gasteiger partial charge in [-0.3, -0.25) is 14.5 Å². The molecule has 0 radical (unpaired) electrons. The number of imide groups is 1. The monoisotopic (exact) mass is 395 g/mol. The maximum atomic E-state index is 12.9. The van der Waals surface area contributed by atoms with Gasteiger partial charge in [-0.1, -0.05) is 11.6 Å². The summed E-state index contributed by atoms with van der Waals surface area (Å²) in [5.41, 5.74) is 0.434. The number of rotatable bonds is 4. The standard InChI is InChI=1S/C18H22ClN3O5/c1-3-27-18(25)21-8-6-20(7-9-21)14-11-16(23)22(17(14)24)12-4-5-15(26-2)13(19)10-12/h4-5,10,14H,3,6-9,11H2,1-2H3/t14-/m0/s1. The lowest BCUT2D eigenvalue weighted by Gasteiger charge is -2.36. The molecule has 1 aromatic carbocycles. The number of amides is 3. The van der Waals surface area contributed by atoms with Gasteiger partial charge in [0.05, 0.1) is 36.9 Å². The number of piperazine rings is 1. The SMILES string of the molecule is CCOC(=O)N1CCN([C@H]2CC(=O)N(c3ccc(OC)c(Cl)c3)C2=O)CC1. The molecule has 1 atom stereocenters. The van der Waals surface area contributed by atoms with Crippen molar-refractivity contribution in [1.82, 2.24) is 9.80 Å². The molecule has 0 unspecified atom stereocenters. The summed E-state index contributed by atoms with van der Waals surface area (Å²) in [6.45, 7) is 4.04. The Bertz CT molecular complexity index is 749. The molecular weight excluding hydrogens is 374 g/mol. The quantitative estimate of drug-likeness (QED) is 0.723. The highest BCUT2D eigenvalue weighted by Crippen LogP contribution is 2.32. The molecule has 0 saturated carbocycles. The molecule has 2 aliphatic rings. The Labute approximate surface area is 162 Å². The van der Waals surface area contributed by atoms with Gasteiger partial charge in [0.1, 0.15) is 5.75 Å². The van der Waals surface area contributed by atoms with Crippen LogP contribution in [0.5, 0.6) is 5.75 Å². The zero-order chi connectivity index (χ0) is 19.6. The highest BCUT2D eigenvalue weighted by atomic mass is 35.5. The number of hydrogen-bond donors (Lipinski definition) is 0. The second-order valence-corrected chi connectivity index (χ2v) is 6.74. The van der Waals surface area contributed by atoms with E-state index in [-0.39, 0.29) is 24.3 Å². The van der Waals surface area contributed by atoms with Crippen molar-refractivity contribution in [3.05, 3.63) is 23.2 Å². The van der Waals surface area contributed by atoms with Gasteiger partial charge in [0.25, 0.3) is 5.91 Å². The topological polar surface area (TPSA) is 79.4 Å². The highest BCUT2D eigenvalue weighted by Gasteiger charge is 2.43. The fourth-order valence-electron chi connectivity index (χ4n) is 3.40. The number of methoxy groups -OCH3 is 1. The Hall–Kier alpha value is -2.32. The van der Waals surface area contributed by atoms with Crippen LogP contribution in [0.1, 0.15) is 13.3 Å². The molecule has 3 rings (SSSR count). The van der Waals surface area contributed by atoms with E-state index in [1.807, 2.05) is 4.90 Å². The molecule has 0 N–H and O–H groups in total. The number of halogens is 1. The van der Waals surface area contributed by atoms with E-state index >= 15 is 0 Å². The molecular formula is C18H22ClN3O5. The Morgan fingerprint density at radius 3 is 2.52 bits per heavy atom. The number of nitrogens with zero attached hydrogens (tertiary/aromatic N) is 3. The van der Waals surface area contributed by atoms with Crippen LogP contribution < -0.4 is 9.64 Å². The van der Waals surface area contributed by atoms with Crippen molar-refractivity contribution in [2.45, 2.75) is 19.4 Å². The van der Waals surface area contributed by atoms with E-state index in [1.54, 1.807) is 30.0 Å². The largest absolute Gasteiger partial charge is 0.495 e. The predicted octanol–water partition coefficient (Wildman–Crippen LogP) is 1.75. The molecule has 2 fully saturated rings. The summed E-state index contributed by atoms with van der Waals surface area (Å²) < 4.78 is 10.1. The van der Waals surface area contributed by atoms with Crippen LogP contribution in [0.4, 0.5) is 10.5 Å². The number of anilines is 1. The first-order valence-electron chi connectivity index (χ1n) is 8.82.